The van der Waals surface area contributed by atoms with Crippen LogP contribution in [0, 0.1) is 0 Å². The molecule has 2 aromatic rings. The van der Waals surface area contributed by atoms with Gasteiger partial charge in [-0.3, -0.25) is 9.59 Å². The van der Waals surface area contributed by atoms with Gasteiger partial charge in [0, 0.05) is 23.6 Å². The summed E-state index contributed by atoms with van der Waals surface area (Å²) in [6, 6.07) is 5.58. The van der Waals surface area contributed by atoms with E-state index in [-0.39, 0.29) is 11.5 Å². The summed E-state index contributed by atoms with van der Waals surface area (Å²) in [5, 5.41) is 9.18. The summed E-state index contributed by atoms with van der Waals surface area (Å²) in [5.41, 5.74) is 2.02. The van der Waals surface area contributed by atoms with Gasteiger partial charge in [-0.05, 0) is 48.8 Å². The molecular weight excluding hydrogens is 310 g/mol. The lowest BCUT2D eigenvalue weighted by Crippen LogP contribution is -2.32. The molecular formula is C17H19N3O2S. The molecule has 1 N–H and O–H groups in total. The predicted molar refractivity (Wildman–Crippen MR) is 91.5 cm³/mol. The summed E-state index contributed by atoms with van der Waals surface area (Å²) in [4.78, 5) is 24.8. The molecule has 6 heteroatoms. The number of thiophene rings is 1. The number of carbonyl (C=O) groups is 1. The van der Waals surface area contributed by atoms with Gasteiger partial charge >= 0.3 is 0 Å². The largest absolute Gasteiger partial charge is 0.351 e. The van der Waals surface area contributed by atoms with Crippen molar-refractivity contribution in [2.75, 3.05) is 6.54 Å². The molecule has 0 atom stereocenters. The van der Waals surface area contributed by atoms with E-state index in [0.29, 0.717) is 13.1 Å². The summed E-state index contributed by atoms with van der Waals surface area (Å²) < 4.78 is 1.45. The standard InChI is InChI=1S/C17H19N3O2S/c21-16(8-7-14-5-3-11-23-14)18-9-10-20-17(22)12-13-4-1-2-6-15(13)19-20/h3,5,7-8,11-12H,1-2,4,6,9-10H2,(H,18,21)/b8-7+. The average molecular weight is 329 g/mol. The zero-order chi connectivity index (χ0) is 16.1. The van der Waals surface area contributed by atoms with E-state index in [4.69, 9.17) is 0 Å². The van der Waals surface area contributed by atoms with Crippen LogP contribution in [0.3, 0.4) is 0 Å². The van der Waals surface area contributed by atoms with Crippen LogP contribution in [0.4, 0.5) is 0 Å². The molecule has 2 heterocycles. The fraction of sp³-hybridized carbons (Fsp3) is 0.353. The van der Waals surface area contributed by atoms with Crippen LogP contribution in [0.2, 0.25) is 0 Å². The van der Waals surface area contributed by atoms with Gasteiger partial charge in [0.05, 0.1) is 12.2 Å². The van der Waals surface area contributed by atoms with Gasteiger partial charge < -0.3 is 5.32 Å². The minimum atomic E-state index is -0.163. The summed E-state index contributed by atoms with van der Waals surface area (Å²) in [6.07, 6.45) is 7.43. The zero-order valence-corrected chi connectivity index (χ0v) is 13.6. The van der Waals surface area contributed by atoms with Gasteiger partial charge in [-0.2, -0.15) is 5.10 Å². The number of rotatable bonds is 5. The Bertz CT molecular complexity index is 763. The first-order valence-electron chi connectivity index (χ1n) is 7.82. The van der Waals surface area contributed by atoms with Gasteiger partial charge in [-0.1, -0.05) is 6.07 Å². The molecule has 0 saturated carbocycles. The van der Waals surface area contributed by atoms with Gasteiger partial charge in [0.2, 0.25) is 5.91 Å². The fourth-order valence-corrected chi connectivity index (χ4v) is 3.27. The minimum absolute atomic E-state index is 0.0889. The van der Waals surface area contributed by atoms with E-state index in [1.165, 1.54) is 10.8 Å². The number of amides is 1. The number of nitrogens with one attached hydrogen (secondary N) is 1. The second kappa shape index (κ2) is 7.37. The summed E-state index contributed by atoms with van der Waals surface area (Å²) in [6.45, 7) is 0.782. The molecule has 120 valence electrons. The lowest BCUT2D eigenvalue weighted by Gasteiger charge is -2.15. The maximum absolute atomic E-state index is 12.0. The van der Waals surface area contributed by atoms with Crippen molar-refractivity contribution in [1.29, 1.82) is 0 Å². The zero-order valence-electron chi connectivity index (χ0n) is 12.8. The molecule has 1 aliphatic carbocycles. The van der Waals surface area contributed by atoms with Crippen molar-refractivity contribution in [3.05, 3.63) is 56.1 Å². The van der Waals surface area contributed by atoms with Crippen molar-refractivity contribution >= 4 is 23.3 Å². The van der Waals surface area contributed by atoms with E-state index in [2.05, 4.69) is 10.4 Å². The molecule has 5 nitrogen and oxygen atoms in total. The number of aryl methyl sites for hydroxylation is 2. The molecule has 23 heavy (non-hydrogen) atoms. The Morgan fingerprint density at radius 2 is 2.26 bits per heavy atom. The van der Waals surface area contributed by atoms with Crippen molar-refractivity contribution in [3.63, 3.8) is 0 Å². The van der Waals surface area contributed by atoms with E-state index >= 15 is 0 Å². The molecule has 0 saturated heterocycles. The SMILES string of the molecule is O=C(/C=C/c1cccs1)NCCn1nc2c(cc1=O)CCCC2. The van der Waals surface area contributed by atoms with Crippen LogP contribution in [-0.2, 0) is 24.2 Å². The fourth-order valence-electron chi connectivity index (χ4n) is 2.65. The van der Waals surface area contributed by atoms with Crippen LogP contribution in [0.1, 0.15) is 29.0 Å². The summed E-state index contributed by atoms with van der Waals surface area (Å²) in [5.74, 6) is -0.163. The quantitative estimate of drug-likeness (QED) is 0.854. The number of fused-ring (bicyclic) bond motifs is 1. The van der Waals surface area contributed by atoms with E-state index in [1.54, 1.807) is 23.5 Å². The molecule has 1 amide bonds. The monoisotopic (exact) mass is 329 g/mol. The van der Waals surface area contributed by atoms with Crippen LogP contribution in [-0.4, -0.2) is 22.2 Å². The predicted octanol–water partition coefficient (Wildman–Crippen LogP) is 2.01. The topological polar surface area (TPSA) is 64.0 Å². The molecule has 1 aliphatic rings. The molecule has 0 radical (unpaired) electrons. The van der Waals surface area contributed by atoms with Crippen LogP contribution < -0.4 is 10.9 Å². The molecule has 0 fully saturated rings. The Kier molecular flexibility index (Phi) is 5.02. The van der Waals surface area contributed by atoms with Crippen molar-refractivity contribution < 1.29 is 4.79 Å². The Labute approximate surface area is 138 Å². The van der Waals surface area contributed by atoms with Crippen LogP contribution in [0.25, 0.3) is 6.08 Å². The first kappa shape index (κ1) is 15.7. The Morgan fingerprint density at radius 1 is 1.39 bits per heavy atom. The van der Waals surface area contributed by atoms with Crippen molar-refractivity contribution in [1.82, 2.24) is 15.1 Å². The molecule has 0 bridgehead atoms. The molecule has 0 aliphatic heterocycles. The van der Waals surface area contributed by atoms with Crippen molar-refractivity contribution in [2.24, 2.45) is 0 Å². The highest BCUT2D eigenvalue weighted by Crippen LogP contribution is 2.16. The maximum Gasteiger partial charge on any atom is 0.267 e. The van der Waals surface area contributed by atoms with Gasteiger partial charge in [0.25, 0.3) is 5.56 Å². The first-order chi connectivity index (χ1) is 11.2. The van der Waals surface area contributed by atoms with Gasteiger partial charge in [-0.25, -0.2) is 4.68 Å². The van der Waals surface area contributed by atoms with Crippen molar-refractivity contribution in [2.45, 2.75) is 32.2 Å². The molecule has 0 aromatic carbocycles. The normalized spacial score (nSPS) is 13.9. The molecule has 3 rings (SSSR count). The molecule has 0 unspecified atom stereocenters. The molecule has 0 spiro atoms. The average Bonchev–Trinajstić information content (AvgIpc) is 3.07. The van der Waals surface area contributed by atoms with E-state index < -0.39 is 0 Å². The molecule has 2 aromatic heterocycles. The van der Waals surface area contributed by atoms with E-state index in [0.717, 1.165) is 41.8 Å². The van der Waals surface area contributed by atoms with E-state index in [1.807, 2.05) is 17.5 Å². The van der Waals surface area contributed by atoms with E-state index in [9.17, 15) is 9.59 Å². The Hall–Kier alpha value is -2.21. The second-order valence-corrected chi connectivity index (χ2v) is 6.50. The minimum Gasteiger partial charge on any atom is -0.351 e. The highest BCUT2D eigenvalue weighted by Gasteiger charge is 2.13. The van der Waals surface area contributed by atoms with Gasteiger partial charge in [-0.15, -0.1) is 11.3 Å². The third-order valence-corrected chi connectivity index (χ3v) is 4.68. The third-order valence-electron chi connectivity index (χ3n) is 3.84. The first-order valence-corrected chi connectivity index (χ1v) is 8.70. The maximum atomic E-state index is 12.0. The number of hydrogen-bond acceptors (Lipinski definition) is 4. The van der Waals surface area contributed by atoms with Gasteiger partial charge in [0.1, 0.15) is 0 Å². The highest BCUT2D eigenvalue weighted by atomic mass is 32.1. The highest BCUT2D eigenvalue weighted by molar-refractivity contribution is 7.10. The van der Waals surface area contributed by atoms with Gasteiger partial charge in [0.15, 0.2) is 0 Å². The van der Waals surface area contributed by atoms with Crippen LogP contribution in [0.15, 0.2) is 34.4 Å². The smallest absolute Gasteiger partial charge is 0.267 e. The third kappa shape index (κ3) is 4.16. The second-order valence-electron chi connectivity index (χ2n) is 5.52. The number of nitrogens with zero attached hydrogens (tertiary/aromatic N) is 2. The summed E-state index contributed by atoms with van der Waals surface area (Å²) in [7, 11) is 0. The lowest BCUT2D eigenvalue weighted by atomic mass is 9.97. The number of carbonyl (C=O) groups excluding carboxylic acids is 1. The van der Waals surface area contributed by atoms with Crippen LogP contribution >= 0.6 is 11.3 Å². The van der Waals surface area contributed by atoms with Crippen LogP contribution in [0.5, 0.6) is 0 Å². The summed E-state index contributed by atoms with van der Waals surface area (Å²) >= 11 is 1.58. The van der Waals surface area contributed by atoms with Crippen molar-refractivity contribution in [3.8, 4) is 0 Å². The number of hydrogen-bond donors (Lipinski definition) is 1. The lowest BCUT2D eigenvalue weighted by molar-refractivity contribution is -0.116. The number of aromatic nitrogens is 2. The Balaban J connectivity index is 1.54. The Morgan fingerprint density at radius 3 is 3.09 bits per heavy atom.